The molecule has 0 bridgehead atoms. The minimum absolute atomic E-state index is 0.104. The topological polar surface area (TPSA) is 101 Å². The van der Waals surface area contributed by atoms with E-state index in [0.29, 0.717) is 18.1 Å². The summed E-state index contributed by atoms with van der Waals surface area (Å²) in [6.07, 6.45) is 1.87. The lowest BCUT2D eigenvalue weighted by atomic mass is 10.0. The lowest BCUT2D eigenvalue weighted by Crippen LogP contribution is -2.48. The molecule has 166 valence electrons. The molecule has 0 amide bonds. The van der Waals surface area contributed by atoms with E-state index in [1.165, 1.54) is 6.07 Å². The highest BCUT2D eigenvalue weighted by Crippen LogP contribution is 2.30. The highest BCUT2D eigenvalue weighted by molar-refractivity contribution is 5.80. The first-order valence-corrected chi connectivity index (χ1v) is 10.2. The largest absolute Gasteiger partial charge is 0.497 e. The fourth-order valence-electron chi connectivity index (χ4n) is 3.66. The standard InChI is InChI=1S/C22H29N5O4/c1-23-22(24-15-16-6-4-5-7-21(16)27(28)29)25-17-8-10-26(11-9-17)18-12-19(30-2)14-20(13-18)31-3/h4-7,12-14,17H,8-11,15H2,1-3H3,(H2,23,24,25). The fourth-order valence-corrected chi connectivity index (χ4v) is 3.66. The van der Waals surface area contributed by atoms with Gasteiger partial charge in [-0.1, -0.05) is 18.2 Å². The number of aliphatic imine (C=N–C) groups is 1. The van der Waals surface area contributed by atoms with E-state index in [-0.39, 0.29) is 16.7 Å². The zero-order valence-corrected chi connectivity index (χ0v) is 18.1. The number of benzene rings is 2. The minimum Gasteiger partial charge on any atom is -0.497 e. The molecule has 31 heavy (non-hydrogen) atoms. The van der Waals surface area contributed by atoms with Crippen LogP contribution in [0.25, 0.3) is 0 Å². The summed E-state index contributed by atoms with van der Waals surface area (Å²) in [6, 6.07) is 12.9. The molecule has 0 spiro atoms. The third-order valence-corrected chi connectivity index (χ3v) is 5.40. The van der Waals surface area contributed by atoms with Gasteiger partial charge in [0, 0.05) is 68.2 Å². The summed E-state index contributed by atoms with van der Waals surface area (Å²) in [5.74, 6) is 2.18. The van der Waals surface area contributed by atoms with E-state index >= 15 is 0 Å². The van der Waals surface area contributed by atoms with Gasteiger partial charge in [0.15, 0.2) is 5.96 Å². The van der Waals surface area contributed by atoms with E-state index < -0.39 is 0 Å². The molecule has 9 heteroatoms. The number of para-hydroxylation sites is 1. The van der Waals surface area contributed by atoms with Crippen LogP contribution in [-0.4, -0.2) is 51.3 Å². The van der Waals surface area contributed by atoms with E-state index in [4.69, 9.17) is 9.47 Å². The monoisotopic (exact) mass is 427 g/mol. The van der Waals surface area contributed by atoms with Crippen molar-refractivity contribution in [1.82, 2.24) is 10.6 Å². The number of nitrogens with one attached hydrogen (secondary N) is 2. The lowest BCUT2D eigenvalue weighted by molar-refractivity contribution is -0.385. The van der Waals surface area contributed by atoms with Crippen molar-refractivity contribution in [3.63, 3.8) is 0 Å². The quantitative estimate of drug-likeness (QED) is 0.303. The third kappa shape index (κ3) is 5.78. The van der Waals surface area contributed by atoms with Crippen molar-refractivity contribution in [1.29, 1.82) is 0 Å². The normalized spacial score (nSPS) is 14.8. The van der Waals surface area contributed by atoms with Crippen molar-refractivity contribution in [2.75, 3.05) is 39.3 Å². The Balaban J connectivity index is 1.55. The molecule has 0 aliphatic carbocycles. The highest BCUT2D eigenvalue weighted by Gasteiger charge is 2.21. The molecule has 0 aromatic heterocycles. The molecular formula is C22H29N5O4. The van der Waals surface area contributed by atoms with E-state index in [2.05, 4.69) is 20.5 Å². The predicted molar refractivity (Wildman–Crippen MR) is 121 cm³/mol. The Morgan fingerprint density at radius 1 is 1.16 bits per heavy atom. The maximum absolute atomic E-state index is 11.2. The van der Waals surface area contributed by atoms with E-state index in [9.17, 15) is 10.1 Å². The molecule has 9 nitrogen and oxygen atoms in total. The van der Waals surface area contributed by atoms with Crippen LogP contribution in [0.15, 0.2) is 47.5 Å². The second kappa shape index (κ2) is 10.5. The Labute approximate surface area is 182 Å². The van der Waals surface area contributed by atoms with E-state index in [1.54, 1.807) is 39.5 Å². The van der Waals surface area contributed by atoms with Crippen molar-refractivity contribution in [2.24, 2.45) is 4.99 Å². The van der Waals surface area contributed by atoms with E-state index in [0.717, 1.165) is 43.1 Å². The Hall–Kier alpha value is -3.49. The smallest absolute Gasteiger partial charge is 0.274 e. The molecule has 1 fully saturated rings. The maximum Gasteiger partial charge on any atom is 0.274 e. The molecule has 3 rings (SSSR count). The number of hydrogen-bond acceptors (Lipinski definition) is 6. The van der Waals surface area contributed by atoms with Crippen LogP contribution in [0.1, 0.15) is 18.4 Å². The first-order valence-electron chi connectivity index (χ1n) is 10.2. The van der Waals surface area contributed by atoms with E-state index in [1.807, 2.05) is 18.2 Å². The molecule has 2 aromatic rings. The number of methoxy groups -OCH3 is 2. The van der Waals surface area contributed by atoms with Gasteiger partial charge in [-0.3, -0.25) is 15.1 Å². The van der Waals surface area contributed by atoms with Gasteiger partial charge in [0.2, 0.25) is 0 Å². The Bertz CT molecular complexity index is 904. The molecule has 0 saturated carbocycles. The maximum atomic E-state index is 11.2. The van der Waals surface area contributed by atoms with Gasteiger partial charge in [-0.15, -0.1) is 0 Å². The molecule has 0 radical (unpaired) electrons. The molecule has 1 heterocycles. The molecule has 0 unspecified atom stereocenters. The number of anilines is 1. The summed E-state index contributed by atoms with van der Waals surface area (Å²) in [5.41, 5.74) is 1.80. The van der Waals surface area contributed by atoms with Gasteiger partial charge in [0.1, 0.15) is 11.5 Å². The van der Waals surface area contributed by atoms with Crippen LogP contribution < -0.4 is 25.0 Å². The van der Waals surface area contributed by atoms with Gasteiger partial charge in [-0.2, -0.15) is 0 Å². The number of nitro benzene ring substituents is 1. The molecule has 1 aliphatic heterocycles. The third-order valence-electron chi connectivity index (χ3n) is 5.40. The zero-order valence-electron chi connectivity index (χ0n) is 18.1. The first-order chi connectivity index (χ1) is 15.0. The minimum atomic E-state index is -0.365. The molecule has 2 aromatic carbocycles. The van der Waals surface area contributed by atoms with Crippen LogP contribution in [0.4, 0.5) is 11.4 Å². The van der Waals surface area contributed by atoms with Crippen molar-refractivity contribution in [2.45, 2.75) is 25.4 Å². The van der Waals surface area contributed by atoms with Gasteiger partial charge in [-0.25, -0.2) is 0 Å². The van der Waals surface area contributed by atoms with Crippen LogP contribution in [0.5, 0.6) is 11.5 Å². The molecule has 1 saturated heterocycles. The second-order valence-corrected chi connectivity index (χ2v) is 7.29. The molecular weight excluding hydrogens is 398 g/mol. The summed E-state index contributed by atoms with van der Waals surface area (Å²) in [5, 5.41) is 17.8. The average molecular weight is 428 g/mol. The van der Waals surface area contributed by atoms with Crippen molar-refractivity contribution in [3.05, 3.63) is 58.1 Å². The van der Waals surface area contributed by atoms with Crippen LogP contribution >= 0.6 is 0 Å². The van der Waals surface area contributed by atoms with Gasteiger partial charge in [0.05, 0.1) is 19.1 Å². The van der Waals surface area contributed by atoms with Crippen LogP contribution in [0.3, 0.4) is 0 Å². The van der Waals surface area contributed by atoms with Gasteiger partial charge >= 0.3 is 0 Å². The molecule has 0 atom stereocenters. The van der Waals surface area contributed by atoms with Crippen LogP contribution in [-0.2, 0) is 6.54 Å². The number of hydrogen-bond donors (Lipinski definition) is 2. The summed E-state index contributed by atoms with van der Waals surface area (Å²) in [7, 11) is 5.00. The average Bonchev–Trinajstić information content (AvgIpc) is 2.81. The molecule has 2 N–H and O–H groups in total. The van der Waals surface area contributed by atoms with Crippen LogP contribution in [0, 0.1) is 10.1 Å². The predicted octanol–water partition coefficient (Wildman–Crippen LogP) is 2.95. The number of ether oxygens (including phenoxy) is 2. The number of nitro groups is 1. The van der Waals surface area contributed by atoms with Gasteiger partial charge in [0.25, 0.3) is 5.69 Å². The van der Waals surface area contributed by atoms with Crippen LogP contribution in [0.2, 0.25) is 0 Å². The Kier molecular flexibility index (Phi) is 7.53. The Morgan fingerprint density at radius 2 is 1.81 bits per heavy atom. The number of piperidine rings is 1. The lowest BCUT2D eigenvalue weighted by Gasteiger charge is -2.34. The summed E-state index contributed by atoms with van der Waals surface area (Å²) < 4.78 is 10.8. The van der Waals surface area contributed by atoms with Crippen molar-refractivity contribution >= 4 is 17.3 Å². The second-order valence-electron chi connectivity index (χ2n) is 7.29. The number of rotatable bonds is 7. The first kappa shape index (κ1) is 22.2. The number of guanidine groups is 1. The van der Waals surface area contributed by atoms with Crippen molar-refractivity contribution < 1.29 is 14.4 Å². The molecule has 1 aliphatic rings. The Morgan fingerprint density at radius 3 is 2.39 bits per heavy atom. The van der Waals surface area contributed by atoms with Crippen molar-refractivity contribution in [3.8, 4) is 11.5 Å². The number of nitrogens with zero attached hydrogens (tertiary/aromatic N) is 3. The summed E-state index contributed by atoms with van der Waals surface area (Å²) in [4.78, 5) is 17.4. The summed E-state index contributed by atoms with van der Waals surface area (Å²) in [6.45, 7) is 2.10. The fraction of sp³-hybridized carbons (Fsp3) is 0.409. The van der Waals surface area contributed by atoms with Gasteiger partial charge < -0.3 is 25.0 Å². The van der Waals surface area contributed by atoms with Gasteiger partial charge in [-0.05, 0) is 12.8 Å². The highest BCUT2D eigenvalue weighted by atomic mass is 16.6. The zero-order chi connectivity index (χ0) is 22.2. The SMILES string of the molecule is CN=C(NCc1ccccc1[N+](=O)[O-])NC1CCN(c2cc(OC)cc(OC)c2)CC1. The summed E-state index contributed by atoms with van der Waals surface area (Å²) >= 11 is 0.